The number of rotatable bonds is 6. The molecule has 7 heteroatoms. The number of carbonyl (C=O) groups is 2. The van der Waals surface area contributed by atoms with Gasteiger partial charge in [-0.05, 0) is 33.3 Å². The van der Waals surface area contributed by atoms with Crippen molar-refractivity contribution < 1.29 is 19.2 Å². The summed E-state index contributed by atoms with van der Waals surface area (Å²) in [4.78, 5) is 23.6. The minimum atomic E-state index is -1.03. The highest BCUT2D eigenvalue weighted by Crippen LogP contribution is 2.21. The maximum Gasteiger partial charge on any atom is 0.326 e. The van der Waals surface area contributed by atoms with Gasteiger partial charge in [-0.15, -0.1) is 0 Å². The van der Waals surface area contributed by atoms with Crippen LogP contribution in [0.15, 0.2) is 16.7 Å². The average Bonchev–Trinajstić information content (AvgIpc) is 3.01. The number of amides is 1. The van der Waals surface area contributed by atoms with Crippen molar-refractivity contribution in [2.45, 2.75) is 46.6 Å². The minimum Gasteiger partial charge on any atom is -0.480 e. The molecule has 2 N–H and O–H groups in total. The summed E-state index contributed by atoms with van der Waals surface area (Å²) >= 11 is 0. The highest BCUT2D eigenvalue weighted by atomic mass is 16.5. The van der Waals surface area contributed by atoms with Gasteiger partial charge < -0.3 is 14.9 Å². The van der Waals surface area contributed by atoms with Crippen molar-refractivity contribution in [1.29, 1.82) is 0 Å². The topological polar surface area (TPSA) is 97.4 Å². The van der Waals surface area contributed by atoms with Crippen molar-refractivity contribution in [3.05, 3.63) is 34.8 Å². The molecular weight excluding hydrogens is 298 g/mol. The molecule has 2 rings (SSSR count). The van der Waals surface area contributed by atoms with Crippen LogP contribution in [-0.2, 0) is 4.79 Å². The van der Waals surface area contributed by atoms with Gasteiger partial charge in [0.1, 0.15) is 11.8 Å². The standard InChI is InChI=1S/C16H21N3O4/c1-5-6-13(16(21)22)17-15(20)12-7-9(2)19(11(12)4)14-8-10(3)23-18-14/h7-8,13H,5-6H2,1-4H3,(H,17,20)(H,21,22)/t13-/m0/s1. The Morgan fingerprint density at radius 2 is 2.04 bits per heavy atom. The Morgan fingerprint density at radius 3 is 2.57 bits per heavy atom. The third-order valence-corrected chi connectivity index (χ3v) is 3.70. The fourth-order valence-electron chi connectivity index (χ4n) is 2.59. The van der Waals surface area contributed by atoms with Gasteiger partial charge >= 0.3 is 5.97 Å². The number of aryl methyl sites for hydroxylation is 2. The molecule has 23 heavy (non-hydrogen) atoms. The maximum atomic E-state index is 12.4. The van der Waals surface area contributed by atoms with Gasteiger partial charge in [-0.3, -0.25) is 9.36 Å². The Hall–Kier alpha value is -2.57. The molecule has 0 saturated carbocycles. The van der Waals surface area contributed by atoms with E-state index < -0.39 is 17.9 Å². The second-order valence-corrected chi connectivity index (χ2v) is 5.57. The predicted octanol–water partition coefficient (Wildman–Crippen LogP) is 2.37. The first-order valence-electron chi connectivity index (χ1n) is 7.51. The van der Waals surface area contributed by atoms with Gasteiger partial charge in [0.05, 0.1) is 5.56 Å². The predicted molar refractivity (Wildman–Crippen MR) is 83.8 cm³/mol. The molecule has 2 aromatic rings. The first-order valence-corrected chi connectivity index (χ1v) is 7.51. The lowest BCUT2D eigenvalue weighted by molar-refractivity contribution is -0.139. The normalized spacial score (nSPS) is 12.2. The minimum absolute atomic E-state index is 0.391. The van der Waals surface area contributed by atoms with Crippen LogP contribution in [0.5, 0.6) is 0 Å². The molecular formula is C16H21N3O4. The number of carboxylic acids is 1. The summed E-state index contributed by atoms with van der Waals surface area (Å²) in [5.41, 5.74) is 1.95. The average molecular weight is 319 g/mol. The van der Waals surface area contributed by atoms with Crippen LogP contribution in [0, 0.1) is 20.8 Å². The van der Waals surface area contributed by atoms with E-state index in [2.05, 4.69) is 10.5 Å². The van der Waals surface area contributed by atoms with Gasteiger partial charge in [0, 0.05) is 17.5 Å². The number of aromatic nitrogens is 2. The number of nitrogens with zero attached hydrogens (tertiary/aromatic N) is 2. The number of hydrogen-bond acceptors (Lipinski definition) is 4. The molecule has 2 heterocycles. The molecule has 1 amide bonds. The fourth-order valence-corrected chi connectivity index (χ4v) is 2.59. The molecule has 0 radical (unpaired) electrons. The number of carbonyl (C=O) groups excluding carboxylic acids is 1. The largest absolute Gasteiger partial charge is 0.480 e. The van der Waals surface area contributed by atoms with Crippen LogP contribution >= 0.6 is 0 Å². The van der Waals surface area contributed by atoms with Crippen LogP contribution in [0.2, 0.25) is 0 Å². The lowest BCUT2D eigenvalue weighted by atomic mass is 10.1. The molecule has 0 spiro atoms. The van der Waals surface area contributed by atoms with Crippen LogP contribution in [0.3, 0.4) is 0 Å². The molecule has 0 unspecified atom stereocenters. The van der Waals surface area contributed by atoms with E-state index >= 15 is 0 Å². The molecule has 7 nitrogen and oxygen atoms in total. The van der Waals surface area contributed by atoms with Gasteiger partial charge in [0.15, 0.2) is 5.82 Å². The summed E-state index contributed by atoms with van der Waals surface area (Å²) in [5.74, 6) is -0.154. The van der Waals surface area contributed by atoms with Gasteiger partial charge in [-0.2, -0.15) is 0 Å². The quantitative estimate of drug-likeness (QED) is 0.852. The van der Waals surface area contributed by atoms with Crippen LogP contribution in [0.1, 0.15) is 47.3 Å². The van der Waals surface area contributed by atoms with E-state index in [1.165, 1.54) is 0 Å². The molecule has 2 aromatic heterocycles. The van der Waals surface area contributed by atoms with Crippen molar-refractivity contribution in [3.8, 4) is 5.82 Å². The Labute approximate surface area is 134 Å². The van der Waals surface area contributed by atoms with E-state index in [4.69, 9.17) is 9.63 Å². The maximum absolute atomic E-state index is 12.4. The first kappa shape index (κ1) is 16.8. The van der Waals surface area contributed by atoms with Crippen LogP contribution in [0.25, 0.3) is 5.82 Å². The van der Waals surface area contributed by atoms with E-state index in [-0.39, 0.29) is 0 Å². The number of nitrogens with one attached hydrogen (secondary N) is 1. The van der Waals surface area contributed by atoms with Gasteiger partial charge in [0.25, 0.3) is 5.91 Å². The number of aliphatic carboxylic acids is 1. The van der Waals surface area contributed by atoms with Gasteiger partial charge in [-0.1, -0.05) is 18.5 Å². The lowest BCUT2D eigenvalue weighted by Crippen LogP contribution is -2.40. The van der Waals surface area contributed by atoms with E-state index in [1.807, 2.05) is 13.8 Å². The van der Waals surface area contributed by atoms with E-state index in [9.17, 15) is 9.59 Å². The van der Waals surface area contributed by atoms with Crippen LogP contribution in [-0.4, -0.2) is 32.7 Å². The smallest absolute Gasteiger partial charge is 0.326 e. The zero-order valence-corrected chi connectivity index (χ0v) is 13.7. The Balaban J connectivity index is 2.30. The molecule has 0 aliphatic rings. The summed E-state index contributed by atoms with van der Waals surface area (Å²) < 4.78 is 6.88. The zero-order chi connectivity index (χ0) is 17.1. The highest BCUT2D eigenvalue weighted by Gasteiger charge is 2.23. The Bertz CT molecular complexity index is 730. The highest BCUT2D eigenvalue weighted by molar-refractivity contribution is 5.98. The first-order chi connectivity index (χ1) is 10.8. The van der Waals surface area contributed by atoms with Crippen molar-refractivity contribution >= 4 is 11.9 Å². The summed E-state index contributed by atoms with van der Waals surface area (Å²) in [5, 5.41) is 15.7. The molecule has 0 bridgehead atoms. The summed E-state index contributed by atoms with van der Waals surface area (Å²) in [6.45, 7) is 7.32. The van der Waals surface area contributed by atoms with Crippen molar-refractivity contribution in [1.82, 2.24) is 15.0 Å². The van der Waals surface area contributed by atoms with Gasteiger partial charge in [0.2, 0.25) is 0 Å². The molecule has 0 fully saturated rings. The molecule has 1 atom stereocenters. The van der Waals surface area contributed by atoms with Crippen LogP contribution in [0.4, 0.5) is 0 Å². The third-order valence-electron chi connectivity index (χ3n) is 3.70. The molecule has 0 aliphatic heterocycles. The zero-order valence-electron chi connectivity index (χ0n) is 13.7. The second kappa shape index (κ2) is 6.68. The third kappa shape index (κ3) is 3.44. The second-order valence-electron chi connectivity index (χ2n) is 5.57. The summed E-state index contributed by atoms with van der Waals surface area (Å²) in [6, 6.07) is 2.61. The Kier molecular flexibility index (Phi) is 4.88. The van der Waals surface area contributed by atoms with E-state index in [1.54, 1.807) is 30.5 Å². The molecule has 0 saturated heterocycles. The SMILES string of the molecule is CCC[C@H](NC(=O)c1cc(C)n(-c2cc(C)on2)c1C)C(=O)O. The molecule has 0 aliphatic carbocycles. The Morgan fingerprint density at radius 1 is 1.35 bits per heavy atom. The van der Waals surface area contributed by atoms with E-state index in [0.717, 1.165) is 5.69 Å². The number of hydrogen-bond donors (Lipinski definition) is 2. The summed E-state index contributed by atoms with van der Waals surface area (Å²) in [7, 11) is 0. The molecule has 124 valence electrons. The summed E-state index contributed by atoms with van der Waals surface area (Å²) in [6.07, 6.45) is 1.07. The fraction of sp³-hybridized carbons (Fsp3) is 0.438. The van der Waals surface area contributed by atoms with E-state index in [0.29, 0.717) is 35.7 Å². The lowest BCUT2D eigenvalue weighted by Gasteiger charge is -2.13. The van der Waals surface area contributed by atoms with Crippen molar-refractivity contribution in [2.24, 2.45) is 0 Å². The van der Waals surface area contributed by atoms with Crippen LogP contribution < -0.4 is 5.32 Å². The van der Waals surface area contributed by atoms with Gasteiger partial charge in [-0.25, -0.2) is 4.79 Å². The van der Waals surface area contributed by atoms with Crippen molar-refractivity contribution in [3.63, 3.8) is 0 Å². The number of carboxylic acid groups (broad SMARTS) is 1. The molecule has 0 aromatic carbocycles. The monoisotopic (exact) mass is 319 g/mol. The van der Waals surface area contributed by atoms with Crippen molar-refractivity contribution in [2.75, 3.05) is 0 Å².